The molecule has 3 aliphatic rings. The number of hydrogen-bond acceptors (Lipinski definition) is 7. The van der Waals surface area contributed by atoms with Crippen LogP contribution in [-0.2, 0) is 28.7 Å². The molecule has 0 saturated carbocycles. The first-order valence-corrected chi connectivity index (χ1v) is 17.1. The second kappa shape index (κ2) is 14.8. The van der Waals surface area contributed by atoms with E-state index >= 15 is 0 Å². The number of amides is 3. The number of alkyl halides is 1. The van der Waals surface area contributed by atoms with Gasteiger partial charge in [0.25, 0.3) is 5.91 Å². The number of aliphatic hydroxyl groups is 1. The molecular formula is C35H48BrN3O7. The number of likely N-dealkylation sites (tertiary alicyclic amines) is 1. The molecule has 46 heavy (non-hydrogen) atoms. The zero-order valence-electron chi connectivity index (χ0n) is 27.5. The topological polar surface area (TPSA) is 125 Å². The van der Waals surface area contributed by atoms with E-state index in [-0.39, 0.29) is 48.7 Å². The minimum Gasteiger partial charge on any atom is -0.460 e. The largest absolute Gasteiger partial charge is 0.460 e. The summed E-state index contributed by atoms with van der Waals surface area (Å²) in [6.45, 7) is 16.9. The minimum absolute atomic E-state index is 0.113. The Morgan fingerprint density at radius 1 is 1.26 bits per heavy atom. The third kappa shape index (κ3) is 6.55. The molecule has 10 nitrogen and oxygen atoms in total. The summed E-state index contributed by atoms with van der Waals surface area (Å²) in [5.41, 5.74) is 1.23. The molecule has 0 aliphatic carbocycles. The summed E-state index contributed by atoms with van der Waals surface area (Å²) in [4.78, 5) is 58.4. The molecule has 2 N–H and O–H groups in total. The Morgan fingerprint density at radius 3 is 2.61 bits per heavy atom. The lowest BCUT2D eigenvalue weighted by molar-refractivity contribution is -0.160. The van der Waals surface area contributed by atoms with Gasteiger partial charge >= 0.3 is 5.97 Å². The van der Waals surface area contributed by atoms with Crippen molar-refractivity contribution in [3.05, 3.63) is 54.6 Å². The molecule has 3 fully saturated rings. The first kappa shape index (κ1) is 35.8. The van der Waals surface area contributed by atoms with E-state index in [4.69, 9.17) is 9.47 Å². The van der Waals surface area contributed by atoms with Crippen molar-refractivity contribution >= 4 is 45.3 Å². The van der Waals surface area contributed by atoms with Gasteiger partial charge in [-0.2, -0.15) is 0 Å². The fraction of sp³-hybridized carbons (Fsp3) is 0.600. The van der Waals surface area contributed by atoms with Crippen LogP contribution >= 0.6 is 15.9 Å². The number of esters is 1. The van der Waals surface area contributed by atoms with Crippen LogP contribution in [0.25, 0.3) is 0 Å². The maximum Gasteiger partial charge on any atom is 0.312 e. The van der Waals surface area contributed by atoms with Gasteiger partial charge in [0, 0.05) is 23.5 Å². The van der Waals surface area contributed by atoms with Crippen LogP contribution in [0.15, 0.2) is 43.5 Å². The molecule has 11 heteroatoms. The Bertz CT molecular complexity index is 1350. The summed E-state index contributed by atoms with van der Waals surface area (Å²) >= 11 is 3.70. The second-order valence-electron chi connectivity index (χ2n) is 13.0. The number of hydrogen-bond donors (Lipinski definition) is 2. The summed E-state index contributed by atoms with van der Waals surface area (Å²) in [5, 5.41) is 13.4. The molecular weight excluding hydrogens is 654 g/mol. The lowest BCUT2D eigenvalue weighted by atomic mass is 9.70. The quantitative estimate of drug-likeness (QED) is 0.161. The van der Waals surface area contributed by atoms with Crippen molar-refractivity contribution in [2.75, 3.05) is 24.6 Å². The van der Waals surface area contributed by atoms with Crippen LogP contribution in [0.5, 0.6) is 0 Å². The van der Waals surface area contributed by atoms with Gasteiger partial charge in [0.2, 0.25) is 11.8 Å². The number of allylic oxidation sites excluding steroid dienone is 1. The molecule has 2 bridgehead atoms. The number of carbonyl (C=O) groups excluding carboxylic acids is 4. The molecule has 4 rings (SSSR count). The minimum atomic E-state index is -1.32. The average Bonchev–Trinajstić information content (AvgIpc) is 3.62. The Kier molecular flexibility index (Phi) is 11.5. The molecule has 3 aliphatic heterocycles. The van der Waals surface area contributed by atoms with Crippen LogP contribution in [0, 0.1) is 31.6 Å². The van der Waals surface area contributed by atoms with Crippen LogP contribution in [0.3, 0.4) is 0 Å². The highest BCUT2D eigenvalue weighted by atomic mass is 79.9. The number of anilines is 1. The fourth-order valence-corrected chi connectivity index (χ4v) is 8.22. The van der Waals surface area contributed by atoms with Crippen LogP contribution in [0.1, 0.15) is 57.6 Å². The number of fused-ring (bicyclic) bond motifs is 1. The van der Waals surface area contributed by atoms with E-state index < -0.39 is 53.6 Å². The summed E-state index contributed by atoms with van der Waals surface area (Å²) in [5.74, 6) is -3.64. The number of nitrogens with zero attached hydrogens (tertiary/aromatic N) is 2. The predicted octanol–water partition coefficient (Wildman–Crippen LogP) is 3.99. The van der Waals surface area contributed by atoms with Crippen molar-refractivity contribution in [3.8, 4) is 0 Å². The van der Waals surface area contributed by atoms with E-state index in [1.54, 1.807) is 24.0 Å². The van der Waals surface area contributed by atoms with Gasteiger partial charge in [-0.25, -0.2) is 0 Å². The monoisotopic (exact) mass is 701 g/mol. The van der Waals surface area contributed by atoms with Crippen molar-refractivity contribution in [1.82, 2.24) is 10.2 Å². The predicted molar refractivity (Wildman–Crippen MR) is 179 cm³/mol. The number of halogens is 1. The van der Waals surface area contributed by atoms with Crippen LogP contribution < -0.4 is 10.2 Å². The second-order valence-corrected chi connectivity index (χ2v) is 14.1. The highest BCUT2D eigenvalue weighted by Crippen LogP contribution is 2.61. The lowest BCUT2D eigenvalue weighted by Gasteiger charge is -2.41. The van der Waals surface area contributed by atoms with Gasteiger partial charge in [-0.3, -0.25) is 19.2 Å². The third-order valence-corrected chi connectivity index (χ3v) is 10.6. The smallest absolute Gasteiger partial charge is 0.312 e. The number of aryl methyl sites for hydroxylation is 2. The Balaban J connectivity index is 1.73. The van der Waals surface area contributed by atoms with Crippen molar-refractivity contribution in [1.29, 1.82) is 0 Å². The standard InChI is InChI=1S/C35H48BrN3O7/c1-8-11-12-27(41)37-18-23(7)45-34(44)28-29-32(42)39(26(19-40)21(5)10-3)31(35(29)17-24(36)30(28)46-35)33(43)38(15-9-2)25-16-20(4)13-14-22(25)6/h8-9,13-14,16,21,23-24,26,28-31,40H,1-2,10-12,15,17-19H2,3-7H3,(H,37,41)/t21-,23-,24?,26-,28+,29-,30+,31+,35-/m0/s1. The maximum atomic E-state index is 14.9. The van der Waals surface area contributed by atoms with E-state index in [0.717, 1.165) is 11.1 Å². The van der Waals surface area contributed by atoms with Gasteiger partial charge in [-0.05, 0) is 56.7 Å². The van der Waals surface area contributed by atoms with Gasteiger partial charge in [0.05, 0.1) is 37.1 Å². The zero-order valence-corrected chi connectivity index (χ0v) is 29.1. The summed E-state index contributed by atoms with van der Waals surface area (Å²) in [7, 11) is 0. The Labute approximate surface area is 280 Å². The van der Waals surface area contributed by atoms with Crippen molar-refractivity contribution in [2.24, 2.45) is 17.8 Å². The highest BCUT2D eigenvalue weighted by molar-refractivity contribution is 9.09. The molecule has 0 radical (unpaired) electrons. The first-order chi connectivity index (χ1) is 21.9. The SMILES string of the molecule is C=CCCC(=O)NC[C@H](C)OC(=O)[C@H]1[C@@H]2O[C@@]3(CC2Br)[C@@H]1C(=O)N([C@@H](CO)[C@@H](C)CC)[C@@H]3C(=O)N(CC=C)c1cc(C)ccc1C. The fourth-order valence-electron chi connectivity index (χ4n) is 7.28. The molecule has 9 atom stereocenters. The van der Waals surface area contributed by atoms with E-state index in [2.05, 4.69) is 34.4 Å². The lowest BCUT2D eigenvalue weighted by Crippen LogP contribution is -2.60. The van der Waals surface area contributed by atoms with Crippen molar-refractivity contribution in [3.63, 3.8) is 0 Å². The van der Waals surface area contributed by atoms with Gasteiger partial charge in [0.15, 0.2) is 0 Å². The van der Waals surface area contributed by atoms with E-state index in [1.807, 2.05) is 45.9 Å². The highest BCUT2D eigenvalue weighted by Gasteiger charge is 2.77. The van der Waals surface area contributed by atoms with Gasteiger partial charge < -0.3 is 29.7 Å². The van der Waals surface area contributed by atoms with Gasteiger partial charge in [-0.15, -0.1) is 13.2 Å². The molecule has 1 spiro atoms. The van der Waals surface area contributed by atoms with Crippen LogP contribution in [-0.4, -0.2) is 88.1 Å². The average molecular weight is 703 g/mol. The summed E-state index contributed by atoms with van der Waals surface area (Å²) < 4.78 is 12.5. The number of benzene rings is 1. The third-order valence-electron chi connectivity index (χ3n) is 9.79. The van der Waals surface area contributed by atoms with Crippen LogP contribution in [0.4, 0.5) is 5.69 Å². The number of nitrogens with one attached hydrogen (secondary N) is 1. The molecule has 3 heterocycles. The zero-order chi connectivity index (χ0) is 33.9. The molecule has 1 aromatic rings. The normalized spacial score (nSPS) is 28.3. The van der Waals surface area contributed by atoms with Crippen molar-refractivity contribution < 1.29 is 33.8 Å². The van der Waals surface area contributed by atoms with E-state index in [9.17, 15) is 24.3 Å². The first-order valence-electron chi connectivity index (χ1n) is 16.2. The van der Waals surface area contributed by atoms with Crippen molar-refractivity contribution in [2.45, 2.75) is 95.0 Å². The molecule has 0 aromatic heterocycles. The molecule has 3 saturated heterocycles. The Morgan fingerprint density at radius 2 is 1.98 bits per heavy atom. The molecule has 3 amide bonds. The molecule has 1 aromatic carbocycles. The number of ether oxygens (including phenoxy) is 2. The van der Waals surface area contributed by atoms with E-state index in [0.29, 0.717) is 24.9 Å². The van der Waals surface area contributed by atoms with Gasteiger partial charge in [0.1, 0.15) is 17.7 Å². The number of carbonyl (C=O) groups is 4. The summed E-state index contributed by atoms with van der Waals surface area (Å²) in [6.07, 6.45) is 3.75. The number of rotatable bonds is 15. The van der Waals surface area contributed by atoms with Crippen LogP contribution in [0.2, 0.25) is 0 Å². The molecule has 1 unspecified atom stereocenters. The number of aliphatic hydroxyl groups excluding tert-OH is 1. The summed E-state index contributed by atoms with van der Waals surface area (Å²) in [6, 6.07) is 4.09. The maximum absolute atomic E-state index is 14.9. The van der Waals surface area contributed by atoms with Gasteiger partial charge in [-0.1, -0.05) is 60.5 Å². The molecule has 252 valence electrons. The Hall–Kier alpha value is -3.02. The van der Waals surface area contributed by atoms with E-state index in [1.165, 1.54) is 4.90 Å².